The molecular formula is C24H21F3N2S. The molecule has 30 heavy (non-hydrogen) atoms. The number of aromatic nitrogens is 1. The van der Waals surface area contributed by atoms with Crippen LogP contribution >= 0.6 is 11.3 Å². The van der Waals surface area contributed by atoms with Crippen molar-refractivity contribution in [3.8, 4) is 17.2 Å². The number of thiophene rings is 1. The first-order chi connectivity index (χ1) is 14.0. The molecule has 2 aromatic heterocycles. The van der Waals surface area contributed by atoms with Gasteiger partial charge in [-0.3, -0.25) is 4.98 Å². The smallest absolute Gasteiger partial charge is 0.260 e. The fourth-order valence-corrected chi connectivity index (χ4v) is 4.79. The number of benzene rings is 1. The van der Waals surface area contributed by atoms with Gasteiger partial charge < -0.3 is 0 Å². The van der Waals surface area contributed by atoms with Crippen LogP contribution in [0.2, 0.25) is 0 Å². The molecule has 2 heterocycles. The summed E-state index contributed by atoms with van der Waals surface area (Å²) in [6.45, 7) is 10.1. The molecule has 1 unspecified atom stereocenters. The lowest BCUT2D eigenvalue weighted by molar-refractivity contribution is -0.137. The molecule has 2 nitrogen and oxygen atoms in total. The van der Waals surface area contributed by atoms with E-state index < -0.39 is 17.2 Å². The van der Waals surface area contributed by atoms with Crippen molar-refractivity contribution in [3.63, 3.8) is 0 Å². The zero-order chi connectivity index (χ0) is 22.1. The SMILES string of the molecule is C=C(C)C(c1ccc(C(F)(F)F)cn1)C(C)(C)c1cc(-c2cccc(C#N)c2)cs1. The Hall–Kier alpha value is -2.91. The van der Waals surface area contributed by atoms with Crippen LogP contribution in [0.5, 0.6) is 0 Å². The molecule has 0 saturated carbocycles. The molecule has 0 amide bonds. The van der Waals surface area contributed by atoms with Gasteiger partial charge in [0.05, 0.1) is 17.2 Å². The number of nitrogens with zero attached hydrogens (tertiary/aromatic N) is 2. The second-order valence-electron chi connectivity index (χ2n) is 7.86. The van der Waals surface area contributed by atoms with Crippen LogP contribution in [-0.4, -0.2) is 4.98 Å². The van der Waals surface area contributed by atoms with Crippen LogP contribution < -0.4 is 0 Å². The van der Waals surface area contributed by atoms with E-state index in [1.165, 1.54) is 6.07 Å². The average Bonchev–Trinajstić information content (AvgIpc) is 3.18. The van der Waals surface area contributed by atoms with Gasteiger partial charge in [-0.25, -0.2) is 0 Å². The van der Waals surface area contributed by atoms with Crippen LogP contribution in [0.15, 0.2) is 66.2 Å². The summed E-state index contributed by atoms with van der Waals surface area (Å²) in [7, 11) is 0. The monoisotopic (exact) mass is 426 g/mol. The first-order valence-corrected chi connectivity index (χ1v) is 10.2. The summed E-state index contributed by atoms with van der Waals surface area (Å²) in [6, 6.07) is 14.1. The Morgan fingerprint density at radius 3 is 2.43 bits per heavy atom. The molecule has 0 radical (unpaired) electrons. The number of hydrogen-bond acceptors (Lipinski definition) is 3. The lowest BCUT2D eigenvalue weighted by atomic mass is 9.72. The fourth-order valence-electron chi connectivity index (χ4n) is 3.72. The maximum absolute atomic E-state index is 12.9. The minimum atomic E-state index is -4.42. The normalized spacial score (nSPS) is 13.0. The molecule has 0 aliphatic heterocycles. The second kappa shape index (κ2) is 8.08. The molecule has 0 bridgehead atoms. The molecular weight excluding hydrogens is 405 g/mol. The summed E-state index contributed by atoms with van der Waals surface area (Å²) in [6.07, 6.45) is -3.53. The van der Waals surface area contributed by atoms with Crippen LogP contribution in [0.1, 0.15) is 48.4 Å². The van der Waals surface area contributed by atoms with Gasteiger partial charge in [0.1, 0.15) is 0 Å². The van der Waals surface area contributed by atoms with Gasteiger partial charge in [-0.2, -0.15) is 18.4 Å². The van der Waals surface area contributed by atoms with Crippen LogP contribution in [-0.2, 0) is 11.6 Å². The number of pyridine rings is 1. The Morgan fingerprint density at radius 1 is 1.13 bits per heavy atom. The van der Waals surface area contributed by atoms with Gasteiger partial charge in [-0.1, -0.05) is 38.1 Å². The predicted molar refractivity (Wildman–Crippen MR) is 114 cm³/mol. The Bertz CT molecular complexity index is 1100. The number of nitriles is 1. The lowest BCUT2D eigenvalue weighted by Gasteiger charge is -2.34. The molecule has 6 heteroatoms. The Balaban J connectivity index is 1.98. The first kappa shape index (κ1) is 21.8. The molecule has 1 aromatic carbocycles. The second-order valence-corrected chi connectivity index (χ2v) is 8.77. The van der Waals surface area contributed by atoms with Crippen LogP contribution in [0.4, 0.5) is 13.2 Å². The highest BCUT2D eigenvalue weighted by Gasteiger charge is 2.36. The Kier molecular flexibility index (Phi) is 5.87. The molecule has 154 valence electrons. The third-order valence-electron chi connectivity index (χ3n) is 5.18. The van der Waals surface area contributed by atoms with E-state index in [0.29, 0.717) is 11.3 Å². The summed E-state index contributed by atoms with van der Waals surface area (Å²) in [5, 5.41) is 11.2. The largest absolute Gasteiger partial charge is 0.417 e. The third kappa shape index (κ3) is 4.31. The van der Waals surface area contributed by atoms with E-state index in [2.05, 4.69) is 23.7 Å². The number of rotatable bonds is 5. The number of halogens is 3. The zero-order valence-corrected chi connectivity index (χ0v) is 17.7. The highest BCUT2D eigenvalue weighted by atomic mass is 32.1. The van der Waals surface area contributed by atoms with E-state index in [0.717, 1.165) is 33.8 Å². The van der Waals surface area contributed by atoms with Gasteiger partial charge >= 0.3 is 6.18 Å². The summed E-state index contributed by atoms with van der Waals surface area (Å²) in [5.41, 5.74) is 2.73. The number of hydrogen-bond donors (Lipinski definition) is 0. The lowest BCUT2D eigenvalue weighted by Crippen LogP contribution is -2.27. The molecule has 0 saturated heterocycles. The predicted octanol–water partition coefficient (Wildman–Crippen LogP) is 7.34. The average molecular weight is 427 g/mol. The maximum atomic E-state index is 12.9. The van der Waals surface area contributed by atoms with Gasteiger partial charge in [-0.05, 0) is 53.8 Å². The summed E-state index contributed by atoms with van der Waals surface area (Å²) >= 11 is 1.58. The van der Waals surface area contributed by atoms with Crippen molar-refractivity contribution < 1.29 is 13.2 Å². The maximum Gasteiger partial charge on any atom is 0.417 e. The molecule has 0 aliphatic rings. The molecule has 1 atom stereocenters. The van der Waals surface area contributed by atoms with E-state index in [4.69, 9.17) is 5.26 Å². The van der Waals surface area contributed by atoms with Crippen LogP contribution in [0.3, 0.4) is 0 Å². The summed E-state index contributed by atoms with van der Waals surface area (Å²) in [5.74, 6) is -0.253. The fraction of sp³-hybridized carbons (Fsp3) is 0.250. The zero-order valence-electron chi connectivity index (χ0n) is 16.9. The van der Waals surface area contributed by atoms with E-state index in [1.54, 1.807) is 17.4 Å². The van der Waals surface area contributed by atoms with E-state index in [1.807, 2.05) is 44.4 Å². The van der Waals surface area contributed by atoms with Crippen molar-refractivity contribution in [3.05, 3.63) is 87.9 Å². The van der Waals surface area contributed by atoms with Gasteiger partial charge in [0.25, 0.3) is 0 Å². The van der Waals surface area contributed by atoms with Crippen LogP contribution in [0.25, 0.3) is 11.1 Å². The Morgan fingerprint density at radius 2 is 1.87 bits per heavy atom. The highest BCUT2D eigenvalue weighted by Crippen LogP contribution is 2.45. The minimum Gasteiger partial charge on any atom is -0.260 e. The molecule has 3 rings (SSSR count). The van der Waals surface area contributed by atoms with Gasteiger partial charge in [0.15, 0.2) is 0 Å². The minimum absolute atomic E-state index is 0.253. The third-order valence-corrected chi connectivity index (χ3v) is 6.45. The van der Waals surface area contributed by atoms with Crippen molar-refractivity contribution in [2.45, 2.75) is 38.3 Å². The number of alkyl halides is 3. The van der Waals surface area contributed by atoms with Crippen molar-refractivity contribution in [2.24, 2.45) is 0 Å². The van der Waals surface area contributed by atoms with Gasteiger partial charge in [0.2, 0.25) is 0 Å². The molecule has 0 aliphatic carbocycles. The molecule has 0 fully saturated rings. The van der Waals surface area contributed by atoms with E-state index >= 15 is 0 Å². The molecule has 0 N–H and O–H groups in total. The summed E-state index contributed by atoms with van der Waals surface area (Å²) in [4.78, 5) is 5.20. The van der Waals surface area contributed by atoms with Crippen LogP contribution in [0, 0.1) is 11.3 Å². The van der Waals surface area contributed by atoms with Gasteiger partial charge in [-0.15, -0.1) is 11.3 Å². The first-order valence-electron chi connectivity index (χ1n) is 9.32. The van der Waals surface area contributed by atoms with E-state index in [-0.39, 0.29) is 5.92 Å². The molecule has 0 spiro atoms. The van der Waals surface area contributed by atoms with Crippen molar-refractivity contribution >= 4 is 11.3 Å². The van der Waals surface area contributed by atoms with Gasteiger partial charge in [0, 0.05) is 28.1 Å². The quantitative estimate of drug-likeness (QED) is 0.400. The number of allylic oxidation sites excluding steroid dienone is 1. The standard InChI is InChI=1S/C24H21F3N2S/c1-15(2)22(20-9-8-19(13-29-20)24(25,26)27)23(3,4)21-11-18(14-30-21)17-7-5-6-16(10-17)12-28/h5-11,13-14,22H,1H2,2-4H3. The highest BCUT2D eigenvalue weighted by molar-refractivity contribution is 7.10. The van der Waals surface area contributed by atoms with E-state index in [9.17, 15) is 13.2 Å². The summed E-state index contributed by atoms with van der Waals surface area (Å²) < 4.78 is 38.8. The molecule has 3 aromatic rings. The van der Waals surface area contributed by atoms with Crippen molar-refractivity contribution in [1.82, 2.24) is 4.98 Å². The Labute approximate surface area is 178 Å². The van der Waals surface area contributed by atoms with Crippen molar-refractivity contribution in [1.29, 1.82) is 5.26 Å². The van der Waals surface area contributed by atoms with Crippen molar-refractivity contribution in [2.75, 3.05) is 0 Å². The topological polar surface area (TPSA) is 36.7 Å².